The highest BCUT2D eigenvalue weighted by molar-refractivity contribution is 6.03. The maximum absolute atomic E-state index is 13.6. The normalized spacial score (nSPS) is 16.9. The molecule has 0 N–H and O–H groups in total. The van der Waals surface area contributed by atoms with E-state index >= 15 is 0 Å². The first-order valence-corrected chi connectivity index (χ1v) is 12.3. The second-order valence-electron chi connectivity index (χ2n) is 9.41. The molecule has 2 aromatic rings. The summed E-state index contributed by atoms with van der Waals surface area (Å²) in [6.07, 6.45) is 6.43. The zero-order valence-electron chi connectivity index (χ0n) is 21.3. The molecule has 0 saturated carbocycles. The molecule has 8 heteroatoms. The van der Waals surface area contributed by atoms with Crippen molar-refractivity contribution in [3.8, 4) is 6.07 Å². The lowest BCUT2D eigenvalue weighted by Gasteiger charge is -2.37. The van der Waals surface area contributed by atoms with E-state index < -0.39 is 17.2 Å². The minimum Gasteiger partial charge on any atom is -0.339 e. The van der Waals surface area contributed by atoms with E-state index in [0.29, 0.717) is 49.2 Å². The summed E-state index contributed by atoms with van der Waals surface area (Å²) in [5.74, 6) is -0.143. The molecule has 1 aliphatic rings. The fourth-order valence-electron chi connectivity index (χ4n) is 4.27. The summed E-state index contributed by atoms with van der Waals surface area (Å²) in [5.41, 5.74) is 2.32. The topological polar surface area (TPSA) is 69.9 Å². The molecule has 0 radical (unpaired) electrons. The number of piperidine rings is 1. The van der Waals surface area contributed by atoms with Gasteiger partial charge in [-0.2, -0.15) is 18.4 Å². The van der Waals surface area contributed by atoms with Crippen molar-refractivity contribution in [2.45, 2.75) is 52.6 Å². The van der Waals surface area contributed by atoms with Gasteiger partial charge in [0.05, 0.1) is 22.7 Å². The van der Waals surface area contributed by atoms with Gasteiger partial charge in [-0.1, -0.05) is 36.8 Å². The summed E-state index contributed by atoms with van der Waals surface area (Å²) in [7, 11) is 0. The van der Waals surface area contributed by atoms with Crippen LogP contribution in [0.15, 0.2) is 72.2 Å². The van der Waals surface area contributed by atoms with Gasteiger partial charge in [0.25, 0.3) is 5.91 Å². The maximum atomic E-state index is 13.6. The first-order valence-electron chi connectivity index (χ1n) is 12.3. The second kappa shape index (κ2) is 12.0. The van der Waals surface area contributed by atoms with Crippen molar-refractivity contribution in [2.75, 3.05) is 13.1 Å². The first-order chi connectivity index (χ1) is 17.6. The average Bonchev–Trinajstić information content (AvgIpc) is 2.91. The van der Waals surface area contributed by atoms with Gasteiger partial charge in [-0.3, -0.25) is 4.79 Å². The number of allylic oxidation sites excluding steroid dienone is 4. The summed E-state index contributed by atoms with van der Waals surface area (Å²) < 4.78 is 38.7. The number of hydrogen-bond acceptors (Lipinski definition) is 4. The number of hydrogen-bond donors (Lipinski definition) is 0. The Kier molecular flexibility index (Phi) is 9.04. The Balaban J connectivity index is 1.79. The number of rotatable bonds is 7. The quantitative estimate of drug-likeness (QED) is 0.314. The standard InChI is InChI=1S/C29H31F3N4O/c1-4-21(2)6-5-7-25(22(3)26-12-15-34-20-35-26)27(37)36-16-13-28(19-33,14-17-36)18-23-8-10-24(11-9-23)29(30,31)32/h5-12,15,20H,4,13-14,16-18H2,1-3H3/b7-5-,21-6+,25-22-. The Hall–Kier alpha value is -3.73. The van der Waals surface area contributed by atoms with Crippen molar-refractivity contribution >= 4 is 11.5 Å². The molecule has 3 rings (SSSR count). The highest BCUT2D eigenvalue weighted by Crippen LogP contribution is 2.36. The van der Waals surface area contributed by atoms with Crippen LogP contribution in [0.4, 0.5) is 13.2 Å². The summed E-state index contributed by atoms with van der Waals surface area (Å²) in [4.78, 5) is 23.6. The zero-order valence-corrected chi connectivity index (χ0v) is 21.3. The van der Waals surface area contributed by atoms with Crippen LogP contribution in [0.3, 0.4) is 0 Å². The average molecular weight is 509 g/mol. The number of amides is 1. The molecule has 0 bridgehead atoms. The Bertz CT molecular complexity index is 1210. The third-order valence-corrected chi connectivity index (χ3v) is 6.87. The van der Waals surface area contributed by atoms with Crippen LogP contribution < -0.4 is 0 Å². The van der Waals surface area contributed by atoms with Gasteiger partial charge in [-0.05, 0) is 74.9 Å². The van der Waals surface area contributed by atoms with Crippen LogP contribution >= 0.6 is 0 Å². The molecule has 37 heavy (non-hydrogen) atoms. The highest BCUT2D eigenvalue weighted by Gasteiger charge is 2.37. The maximum Gasteiger partial charge on any atom is 0.416 e. The number of likely N-dealkylation sites (tertiary alicyclic amines) is 1. The van der Waals surface area contributed by atoms with Crippen molar-refractivity contribution in [3.63, 3.8) is 0 Å². The van der Waals surface area contributed by atoms with Gasteiger partial charge in [0.1, 0.15) is 6.33 Å². The molecule has 0 atom stereocenters. The van der Waals surface area contributed by atoms with Gasteiger partial charge < -0.3 is 4.90 Å². The fourth-order valence-corrected chi connectivity index (χ4v) is 4.27. The third kappa shape index (κ3) is 7.16. The van der Waals surface area contributed by atoms with Crippen LogP contribution in [0.25, 0.3) is 5.57 Å². The van der Waals surface area contributed by atoms with E-state index in [2.05, 4.69) is 23.0 Å². The van der Waals surface area contributed by atoms with Crippen LogP contribution in [0.5, 0.6) is 0 Å². The number of carbonyl (C=O) groups excluding carboxylic acids is 1. The van der Waals surface area contributed by atoms with Crippen LogP contribution in [0, 0.1) is 16.7 Å². The second-order valence-corrected chi connectivity index (χ2v) is 9.41. The number of aromatic nitrogens is 2. The van der Waals surface area contributed by atoms with Crippen LogP contribution in [0.1, 0.15) is 56.9 Å². The molecule has 1 amide bonds. The fraction of sp³-hybridized carbons (Fsp3) is 0.379. The predicted octanol–water partition coefficient (Wildman–Crippen LogP) is 6.56. The number of alkyl halides is 3. The monoisotopic (exact) mass is 508 g/mol. The van der Waals surface area contributed by atoms with Crippen LogP contribution in [-0.4, -0.2) is 33.9 Å². The molecule has 1 saturated heterocycles. The van der Waals surface area contributed by atoms with Gasteiger partial charge in [-0.25, -0.2) is 9.97 Å². The molecule has 194 valence electrons. The summed E-state index contributed by atoms with van der Waals surface area (Å²) in [6, 6.07) is 9.11. The Labute approximate surface area is 216 Å². The lowest BCUT2D eigenvalue weighted by molar-refractivity contribution is -0.137. The molecule has 1 aromatic carbocycles. The van der Waals surface area contributed by atoms with E-state index in [1.165, 1.54) is 24.0 Å². The predicted molar refractivity (Wildman–Crippen MR) is 137 cm³/mol. The number of halogens is 3. The SMILES string of the molecule is CC/C(C)=C/C=C\C(C(=O)N1CCC(C#N)(Cc2ccc(C(F)(F)F)cc2)CC1)=C(/C)c1ccncn1. The van der Waals surface area contributed by atoms with Gasteiger partial charge in [0.15, 0.2) is 0 Å². The van der Waals surface area contributed by atoms with Crippen molar-refractivity contribution in [1.29, 1.82) is 5.26 Å². The van der Waals surface area contributed by atoms with Crippen LogP contribution in [-0.2, 0) is 17.4 Å². The largest absolute Gasteiger partial charge is 0.416 e. The minimum absolute atomic E-state index is 0.143. The number of nitriles is 1. The molecule has 1 aromatic heterocycles. The Morgan fingerprint density at radius 1 is 1.16 bits per heavy atom. The zero-order chi connectivity index (χ0) is 27.1. The van der Waals surface area contributed by atoms with Gasteiger partial charge in [0.2, 0.25) is 0 Å². The molecule has 2 heterocycles. The highest BCUT2D eigenvalue weighted by atomic mass is 19.4. The van der Waals surface area contributed by atoms with Gasteiger partial charge in [0, 0.05) is 24.9 Å². The van der Waals surface area contributed by atoms with Gasteiger partial charge >= 0.3 is 6.18 Å². The summed E-state index contributed by atoms with van der Waals surface area (Å²) in [5, 5.41) is 9.97. The van der Waals surface area contributed by atoms with Crippen molar-refractivity contribution in [3.05, 3.63) is 89.1 Å². The van der Waals surface area contributed by atoms with Gasteiger partial charge in [-0.15, -0.1) is 0 Å². The van der Waals surface area contributed by atoms with Crippen molar-refractivity contribution < 1.29 is 18.0 Å². The third-order valence-electron chi connectivity index (χ3n) is 6.87. The molecule has 0 spiro atoms. The number of carbonyl (C=O) groups is 1. The summed E-state index contributed by atoms with van der Waals surface area (Å²) >= 11 is 0. The van der Waals surface area contributed by atoms with Crippen molar-refractivity contribution in [2.24, 2.45) is 5.41 Å². The van der Waals surface area contributed by atoms with E-state index in [1.807, 2.05) is 26.0 Å². The van der Waals surface area contributed by atoms with E-state index in [-0.39, 0.29) is 5.91 Å². The Morgan fingerprint density at radius 2 is 1.84 bits per heavy atom. The lowest BCUT2D eigenvalue weighted by Crippen LogP contribution is -2.44. The first kappa shape index (κ1) is 27.9. The van der Waals surface area contributed by atoms with E-state index in [1.54, 1.807) is 23.2 Å². The molecule has 1 aliphatic heterocycles. The molecule has 5 nitrogen and oxygen atoms in total. The molecular weight excluding hydrogens is 477 g/mol. The lowest BCUT2D eigenvalue weighted by atomic mass is 9.75. The molecule has 1 fully saturated rings. The Morgan fingerprint density at radius 3 is 2.38 bits per heavy atom. The minimum atomic E-state index is -4.40. The molecule has 0 unspecified atom stereocenters. The molecular formula is C29H31F3N4O. The van der Waals surface area contributed by atoms with Crippen LogP contribution in [0.2, 0.25) is 0 Å². The van der Waals surface area contributed by atoms with E-state index in [4.69, 9.17) is 0 Å². The molecule has 0 aliphatic carbocycles. The smallest absolute Gasteiger partial charge is 0.339 e. The number of nitrogens with zero attached hydrogens (tertiary/aromatic N) is 4. The van der Waals surface area contributed by atoms with E-state index in [9.17, 15) is 23.2 Å². The van der Waals surface area contributed by atoms with Crippen molar-refractivity contribution in [1.82, 2.24) is 14.9 Å². The summed E-state index contributed by atoms with van der Waals surface area (Å²) in [6.45, 7) is 6.70. The number of benzene rings is 1. The van der Waals surface area contributed by atoms with E-state index in [0.717, 1.165) is 24.1 Å².